The molecule has 0 radical (unpaired) electrons. The maximum atomic E-state index is 12.7. The van der Waals surface area contributed by atoms with Crippen LogP contribution in [0.15, 0.2) is 65.8 Å². The number of alkyl halides is 3. The zero-order chi connectivity index (χ0) is 18.6. The molecule has 1 aromatic heterocycles. The van der Waals surface area contributed by atoms with Gasteiger partial charge in [-0.1, -0.05) is 42.5 Å². The Morgan fingerprint density at radius 3 is 2.58 bits per heavy atom. The second-order valence-electron chi connectivity index (χ2n) is 5.36. The number of aromatic amines is 1. The second kappa shape index (κ2) is 7.22. The second-order valence-corrected chi connectivity index (χ2v) is 5.36. The molecule has 26 heavy (non-hydrogen) atoms. The van der Waals surface area contributed by atoms with Crippen LogP contribution in [-0.2, 0) is 6.18 Å². The van der Waals surface area contributed by atoms with Gasteiger partial charge in [0.15, 0.2) is 0 Å². The van der Waals surface area contributed by atoms with Gasteiger partial charge in [-0.2, -0.15) is 23.4 Å². The number of hydrogen-bond acceptors (Lipinski definition) is 3. The van der Waals surface area contributed by atoms with E-state index in [1.54, 1.807) is 6.07 Å². The van der Waals surface area contributed by atoms with E-state index in [9.17, 15) is 18.0 Å². The number of benzene rings is 2. The summed E-state index contributed by atoms with van der Waals surface area (Å²) in [7, 11) is 0. The van der Waals surface area contributed by atoms with E-state index in [0.29, 0.717) is 5.69 Å². The number of hydrogen-bond donors (Lipinski definition) is 2. The van der Waals surface area contributed by atoms with Crippen molar-refractivity contribution in [3.05, 3.63) is 77.5 Å². The van der Waals surface area contributed by atoms with Gasteiger partial charge in [-0.25, -0.2) is 5.43 Å². The van der Waals surface area contributed by atoms with Gasteiger partial charge < -0.3 is 0 Å². The first-order valence-corrected chi connectivity index (χ1v) is 7.55. The number of H-pyrrole nitrogens is 1. The molecule has 2 N–H and O–H groups in total. The molecule has 8 heteroatoms. The van der Waals surface area contributed by atoms with Crippen LogP contribution in [0.4, 0.5) is 13.2 Å². The maximum absolute atomic E-state index is 12.7. The number of carbonyl (C=O) groups is 1. The summed E-state index contributed by atoms with van der Waals surface area (Å²) < 4.78 is 38.0. The fourth-order valence-corrected chi connectivity index (χ4v) is 2.22. The first kappa shape index (κ1) is 17.4. The highest BCUT2D eigenvalue weighted by Gasteiger charge is 2.30. The molecule has 0 spiro atoms. The van der Waals surface area contributed by atoms with Gasteiger partial charge in [0.25, 0.3) is 5.91 Å². The van der Waals surface area contributed by atoms with E-state index in [0.717, 1.165) is 23.9 Å². The fourth-order valence-electron chi connectivity index (χ4n) is 2.22. The molecule has 2 aromatic carbocycles. The number of nitrogens with zero attached hydrogens (tertiary/aromatic N) is 2. The van der Waals surface area contributed by atoms with E-state index in [-0.39, 0.29) is 11.3 Å². The molecule has 0 saturated carbocycles. The Morgan fingerprint density at radius 2 is 1.85 bits per heavy atom. The van der Waals surface area contributed by atoms with Crippen molar-refractivity contribution in [3.8, 4) is 11.3 Å². The Labute approximate surface area is 146 Å². The Balaban J connectivity index is 1.66. The average molecular weight is 358 g/mol. The van der Waals surface area contributed by atoms with Gasteiger partial charge in [-0.15, -0.1) is 0 Å². The fraction of sp³-hybridized carbons (Fsp3) is 0.0556. The lowest BCUT2D eigenvalue weighted by Crippen LogP contribution is -2.18. The third-order valence-corrected chi connectivity index (χ3v) is 3.49. The summed E-state index contributed by atoms with van der Waals surface area (Å²) in [6.45, 7) is 0. The molecule has 0 aliphatic heterocycles. The summed E-state index contributed by atoms with van der Waals surface area (Å²) in [6, 6.07) is 15.5. The number of rotatable bonds is 4. The predicted molar refractivity (Wildman–Crippen MR) is 90.5 cm³/mol. The Hall–Kier alpha value is -3.42. The van der Waals surface area contributed by atoms with Gasteiger partial charge in [0.1, 0.15) is 5.69 Å². The van der Waals surface area contributed by atoms with Gasteiger partial charge in [0.05, 0.1) is 17.5 Å². The standard InChI is InChI=1S/C18H13F3N4O/c19-18(20,21)14-8-4-5-12(9-14)11-22-25-17(26)16-10-15(23-24-16)13-6-2-1-3-7-13/h1-11H,(H,23,24)(H,25,26)/b22-11-. The molecule has 3 rings (SSSR count). The highest BCUT2D eigenvalue weighted by atomic mass is 19.4. The largest absolute Gasteiger partial charge is 0.416 e. The molecule has 3 aromatic rings. The highest BCUT2D eigenvalue weighted by Crippen LogP contribution is 2.29. The van der Waals surface area contributed by atoms with E-state index in [1.165, 1.54) is 12.1 Å². The molecular weight excluding hydrogens is 345 g/mol. The van der Waals surface area contributed by atoms with Crippen molar-refractivity contribution < 1.29 is 18.0 Å². The van der Waals surface area contributed by atoms with Crippen LogP contribution in [0.1, 0.15) is 21.6 Å². The van der Waals surface area contributed by atoms with Crippen LogP contribution in [0, 0.1) is 0 Å². The number of aromatic nitrogens is 2. The Morgan fingerprint density at radius 1 is 1.08 bits per heavy atom. The van der Waals surface area contributed by atoms with Gasteiger partial charge in [-0.05, 0) is 23.8 Å². The average Bonchev–Trinajstić information content (AvgIpc) is 3.12. The number of amides is 1. The van der Waals surface area contributed by atoms with Crippen LogP contribution in [-0.4, -0.2) is 22.3 Å². The van der Waals surface area contributed by atoms with Crippen molar-refractivity contribution in [2.75, 3.05) is 0 Å². The minimum Gasteiger partial charge on any atom is -0.272 e. The maximum Gasteiger partial charge on any atom is 0.416 e. The van der Waals surface area contributed by atoms with Crippen molar-refractivity contribution in [2.45, 2.75) is 6.18 Å². The first-order chi connectivity index (χ1) is 12.4. The van der Waals surface area contributed by atoms with Crippen LogP contribution in [0.2, 0.25) is 0 Å². The number of carbonyl (C=O) groups excluding carboxylic acids is 1. The first-order valence-electron chi connectivity index (χ1n) is 7.55. The molecule has 0 atom stereocenters. The van der Waals surface area contributed by atoms with Gasteiger partial charge in [-0.3, -0.25) is 9.89 Å². The molecule has 1 amide bonds. The normalized spacial score (nSPS) is 11.7. The van der Waals surface area contributed by atoms with Crippen LogP contribution in [0.25, 0.3) is 11.3 Å². The van der Waals surface area contributed by atoms with Crippen LogP contribution < -0.4 is 5.43 Å². The third kappa shape index (κ3) is 4.15. The molecule has 132 valence electrons. The van der Waals surface area contributed by atoms with Crippen molar-refractivity contribution in [1.82, 2.24) is 15.6 Å². The molecule has 0 unspecified atom stereocenters. The summed E-state index contributed by atoms with van der Waals surface area (Å²) in [6.07, 6.45) is -3.29. The molecule has 1 heterocycles. The van der Waals surface area contributed by atoms with Crippen LogP contribution in [0.5, 0.6) is 0 Å². The van der Waals surface area contributed by atoms with Crippen molar-refractivity contribution in [3.63, 3.8) is 0 Å². The van der Waals surface area contributed by atoms with Crippen molar-refractivity contribution in [2.24, 2.45) is 5.10 Å². The van der Waals surface area contributed by atoms with Crippen molar-refractivity contribution in [1.29, 1.82) is 0 Å². The molecule has 0 aliphatic rings. The van der Waals surface area contributed by atoms with Crippen molar-refractivity contribution >= 4 is 12.1 Å². The number of hydrazone groups is 1. The third-order valence-electron chi connectivity index (χ3n) is 3.49. The minimum atomic E-state index is -4.43. The summed E-state index contributed by atoms with van der Waals surface area (Å²) in [5.74, 6) is -0.553. The molecular formula is C18H13F3N4O. The quantitative estimate of drug-likeness (QED) is 0.549. The molecule has 0 bridgehead atoms. The molecule has 0 saturated heterocycles. The summed E-state index contributed by atoms with van der Waals surface area (Å²) in [5, 5.41) is 10.3. The van der Waals surface area contributed by atoms with E-state index in [4.69, 9.17) is 0 Å². The monoisotopic (exact) mass is 358 g/mol. The van der Waals surface area contributed by atoms with Crippen LogP contribution in [0.3, 0.4) is 0 Å². The molecule has 0 aliphatic carbocycles. The SMILES string of the molecule is O=C(N/N=C\c1cccc(C(F)(F)F)c1)c1cc(-c2ccccc2)n[nH]1. The van der Waals surface area contributed by atoms with E-state index in [2.05, 4.69) is 20.7 Å². The Bertz CT molecular complexity index is 933. The highest BCUT2D eigenvalue weighted by molar-refractivity contribution is 5.94. The van der Waals surface area contributed by atoms with E-state index in [1.807, 2.05) is 30.3 Å². The lowest BCUT2D eigenvalue weighted by atomic mass is 10.1. The molecule has 0 fully saturated rings. The Kier molecular flexibility index (Phi) is 4.83. The lowest BCUT2D eigenvalue weighted by molar-refractivity contribution is -0.137. The van der Waals surface area contributed by atoms with E-state index < -0.39 is 17.6 Å². The smallest absolute Gasteiger partial charge is 0.272 e. The zero-order valence-electron chi connectivity index (χ0n) is 13.3. The van der Waals surface area contributed by atoms with Crippen LogP contribution >= 0.6 is 0 Å². The number of nitrogens with one attached hydrogen (secondary N) is 2. The topological polar surface area (TPSA) is 70.1 Å². The summed E-state index contributed by atoms with van der Waals surface area (Å²) in [5.41, 5.74) is 3.31. The van der Waals surface area contributed by atoms with Gasteiger partial charge in [0.2, 0.25) is 0 Å². The summed E-state index contributed by atoms with van der Waals surface area (Å²) in [4.78, 5) is 12.0. The zero-order valence-corrected chi connectivity index (χ0v) is 13.3. The number of halogens is 3. The summed E-state index contributed by atoms with van der Waals surface area (Å²) >= 11 is 0. The molecule has 5 nitrogen and oxygen atoms in total. The minimum absolute atomic E-state index is 0.185. The lowest BCUT2D eigenvalue weighted by Gasteiger charge is -2.06. The predicted octanol–water partition coefficient (Wildman–Crippen LogP) is 3.86. The van der Waals surface area contributed by atoms with Gasteiger partial charge >= 0.3 is 6.18 Å². The van der Waals surface area contributed by atoms with E-state index >= 15 is 0 Å². The van der Waals surface area contributed by atoms with Gasteiger partial charge in [0, 0.05) is 5.56 Å².